The number of aliphatic hydroxyl groups excluding tert-OH is 1. The van der Waals surface area contributed by atoms with E-state index in [1.54, 1.807) is 30.0 Å². The predicted molar refractivity (Wildman–Crippen MR) is 112 cm³/mol. The van der Waals surface area contributed by atoms with Crippen LogP contribution in [-0.2, 0) is 16.1 Å². The molecule has 6 N–H and O–H groups in total. The van der Waals surface area contributed by atoms with Crippen LogP contribution in [0.15, 0.2) is 48.8 Å². The summed E-state index contributed by atoms with van der Waals surface area (Å²) in [5, 5.41) is 28.2. The maximum Gasteiger partial charge on any atom is 0.252 e. The molecule has 1 saturated heterocycles. The predicted octanol–water partition coefficient (Wildman–Crippen LogP) is 1.81. The van der Waals surface area contributed by atoms with E-state index < -0.39 is 18.4 Å². The number of rotatable bonds is 6. The first-order valence-electron chi connectivity index (χ1n) is 9.66. The number of hydrogen-bond acceptors (Lipinski definition) is 6. The number of nitrogens with zero attached hydrogens (tertiary/aromatic N) is 2. The molecule has 0 bridgehead atoms. The molecule has 3 aromatic rings. The van der Waals surface area contributed by atoms with Crippen LogP contribution in [0.5, 0.6) is 0 Å². The van der Waals surface area contributed by atoms with Gasteiger partial charge in [0.15, 0.2) is 6.10 Å². The summed E-state index contributed by atoms with van der Waals surface area (Å²) < 4.78 is 7.54. The van der Waals surface area contributed by atoms with Crippen molar-refractivity contribution in [1.82, 2.24) is 20.1 Å². The average Bonchev–Trinajstić information content (AvgIpc) is 3.45. The van der Waals surface area contributed by atoms with Crippen molar-refractivity contribution >= 4 is 17.4 Å². The van der Waals surface area contributed by atoms with E-state index in [1.807, 2.05) is 30.3 Å². The van der Waals surface area contributed by atoms with Crippen LogP contribution < -0.4 is 11.1 Å². The molecule has 2 aromatic heterocycles. The van der Waals surface area contributed by atoms with Gasteiger partial charge in [0.05, 0.1) is 11.8 Å². The van der Waals surface area contributed by atoms with Crippen molar-refractivity contribution < 1.29 is 14.6 Å². The van der Waals surface area contributed by atoms with E-state index in [-0.39, 0.29) is 12.3 Å². The van der Waals surface area contributed by atoms with Crippen molar-refractivity contribution in [2.75, 3.05) is 5.73 Å². The van der Waals surface area contributed by atoms with Gasteiger partial charge in [-0.3, -0.25) is 9.89 Å². The van der Waals surface area contributed by atoms with E-state index in [4.69, 9.17) is 15.9 Å². The molecular weight excluding hydrogens is 384 g/mol. The van der Waals surface area contributed by atoms with E-state index in [9.17, 15) is 9.90 Å². The highest BCUT2D eigenvalue weighted by Crippen LogP contribution is 2.37. The molecule has 156 valence electrons. The summed E-state index contributed by atoms with van der Waals surface area (Å²) in [6.07, 6.45) is 1.00. The summed E-state index contributed by atoms with van der Waals surface area (Å²) >= 11 is 0. The Bertz CT molecular complexity index is 1040. The highest BCUT2D eigenvalue weighted by Gasteiger charge is 2.40. The van der Waals surface area contributed by atoms with E-state index in [0.29, 0.717) is 29.2 Å². The number of aliphatic hydroxyl groups is 1. The number of hydrogen-bond donors (Lipinski definition) is 5. The van der Waals surface area contributed by atoms with Crippen molar-refractivity contribution in [1.29, 1.82) is 5.41 Å². The second-order valence-corrected chi connectivity index (χ2v) is 7.32. The van der Waals surface area contributed by atoms with Crippen LogP contribution in [0, 0.1) is 5.41 Å². The Morgan fingerprint density at radius 1 is 1.40 bits per heavy atom. The van der Waals surface area contributed by atoms with Gasteiger partial charge in [0.25, 0.3) is 5.91 Å². The van der Waals surface area contributed by atoms with Crippen LogP contribution >= 0.6 is 0 Å². The molecule has 0 spiro atoms. The van der Waals surface area contributed by atoms with Crippen LogP contribution in [0.4, 0.5) is 5.82 Å². The standard InChI is InChI=1S/C21H24N6O3/c1-12(22)18-14(15-7-8-25-26-15)11-27(20(18)23)17-9-16(28)19(30-17)21(29)24-10-13-5-3-2-4-6-13/h2-8,11,16-17,19,22,28H,9-10,23H2,1H3,(H,24,29)(H,25,26)/t16-,17+,19-/m0/s1. The van der Waals surface area contributed by atoms with Gasteiger partial charge in [0.2, 0.25) is 0 Å². The molecule has 1 aromatic carbocycles. The number of aromatic nitrogens is 3. The first-order valence-corrected chi connectivity index (χ1v) is 9.66. The molecule has 0 aliphatic carbocycles. The monoisotopic (exact) mass is 408 g/mol. The maximum absolute atomic E-state index is 12.6. The van der Waals surface area contributed by atoms with Crippen molar-refractivity contribution in [2.24, 2.45) is 0 Å². The second kappa shape index (κ2) is 8.13. The summed E-state index contributed by atoms with van der Waals surface area (Å²) in [6.45, 7) is 2.00. The Balaban J connectivity index is 1.52. The Labute approximate surface area is 173 Å². The zero-order valence-electron chi connectivity index (χ0n) is 16.5. The minimum absolute atomic E-state index is 0.210. The van der Waals surface area contributed by atoms with Gasteiger partial charge in [-0.1, -0.05) is 30.3 Å². The topological polar surface area (TPSA) is 142 Å². The third-order valence-electron chi connectivity index (χ3n) is 5.21. The van der Waals surface area contributed by atoms with Gasteiger partial charge in [0, 0.05) is 42.2 Å². The number of H-pyrrole nitrogens is 1. The van der Waals surface area contributed by atoms with Crippen molar-refractivity contribution in [2.45, 2.75) is 38.3 Å². The van der Waals surface area contributed by atoms with Gasteiger partial charge >= 0.3 is 0 Å². The van der Waals surface area contributed by atoms with Gasteiger partial charge in [-0.25, -0.2) is 0 Å². The highest BCUT2D eigenvalue weighted by molar-refractivity contribution is 6.06. The fourth-order valence-corrected chi connectivity index (χ4v) is 3.73. The molecule has 3 heterocycles. The number of ether oxygens (including phenoxy) is 1. The quantitative estimate of drug-likeness (QED) is 0.396. The SMILES string of the molecule is CC(=N)c1c(-c2ccn[nH]2)cn([C@H]2C[C@H](O)[C@@H](C(=O)NCc3ccccc3)O2)c1N. The number of nitrogens with two attached hydrogens (primary N) is 1. The normalized spacial score (nSPS) is 20.9. The smallest absolute Gasteiger partial charge is 0.252 e. The van der Waals surface area contributed by atoms with Crippen LogP contribution in [0.25, 0.3) is 11.3 Å². The molecule has 1 fully saturated rings. The number of carbonyl (C=O) groups is 1. The summed E-state index contributed by atoms with van der Waals surface area (Å²) in [5.41, 5.74) is 9.57. The minimum Gasteiger partial charge on any atom is -0.390 e. The molecule has 4 rings (SSSR count). The van der Waals surface area contributed by atoms with Crippen LogP contribution in [0.2, 0.25) is 0 Å². The van der Waals surface area contributed by atoms with Gasteiger partial charge in [-0.2, -0.15) is 5.10 Å². The van der Waals surface area contributed by atoms with Gasteiger partial charge < -0.3 is 30.9 Å². The van der Waals surface area contributed by atoms with Gasteiger partial charge in [0.1, 0.15) is 12.0 Å². The Hall–Kier alpha value is -3.43. The molecule has 0 unspecified atom stereocenters. The number of carbonyl (C=O) groups excluding carboxylic acids is 1. The van der Waals surface area contributed by atoms with Gasteiger partial charge in [-0.15, -0.1) is 0 Å². The molecule has 3 atom stereocenters. The number of nitrogens with one attached hydrogen (secondary N) is 3. The van der Waals surface area contributed by atoms with E-state index in [1.165, 1.54) is 0 Å². The third kappa shape index (κ3) is 3.72. The molecule has 0 radical (unpaired) electrons. The van der Waals surface area contributed by atoms with Crippen molar-refractivity contribution in [3.8, 4) is 11.3 Å². The summed E-state index contributed by atoms with van der Waals surface area (Å²) in [4.78, 5) is 12.6. The first kappa shape index (κ1) is 19.9. The van der Waals surface area contributed by atoms with Crippen LogP contribution in [0.1, 0.15) is 30.7 Å². The number of aromatic amines is 1. The zero-order valence-corrected chi connectivity index (χ0v) is 16.5. The lowest BCUT2D eigenvalue weighted by Crippen LogP contribution is -2.39. The molecule has 9 heteroatoms. The van der Waals surface area contributed by atoms with Crippen molar-refractivity contribution in [3.63, 3.8) is 0 Å². The second-order valence-electron chi connectivity index (χ2n) is 7.32. The fraction of sp³-hybridized carbons (Fsp3) is 0.286. The lowest BCUT2D eigenvalue weighted by atomic mass is 10.1. The van der Waals surface area contributed by atoms with Crippen molar-refractivity contribution in [3.05, 3.63) is 59.9 Å². The molecule has 0 saturated carbocycles. The largest absolute Gasteiger partial charge is 0.390 e. The molecule has 1 aliphatic heterocycles. The Morgan fingerprint density at radius 2 is 2.17 bits per heavy atom. The number of anilines is 1. The van der Waals surface area contributed by atoms with Gasteiger partial charge in [-0.05, 0) is 18.6 Å². The Kier molecular flexibility index (Phi) is 5.39. The molecule has 1 aliphatic rings. The first-order chi connectivity index (χ1) is 14.5. The number of nitrogen functional groups attached to an aromatic ring is 1. The van der Waals surface area contributed by atoms with E-state index in [2.05, 4.69) is 15.5 Å². The summed E-state index contributed by atoms with van der Waals surface area (Å²) in [5.74, 6) is -0.0357. The van der Waals surface area contributed by atoms with Crippen LogP contribution in [0.3, 0.4) is 0 Å². The molecular formula is C21H24N6O3. The number of amides is 1. The molecule has 30 heavy (non-hydrogen) atoms. The van der Waals surface area contributed by atoms with E-state index in [0.717, 1.165) is 11.3 Å². The minimum atomic E-state index is -0.999. The number of benzene rings is 1. The zero-order chi connectivity index (χ0) is 21.3. The Morgan fingerprint density at radius 3 is 2.83 bits per heavy atom. The highest BCUT2D eigenvalue weighted by atomic mass is 16.5. The van der Waals surface area contributed by atoms with E-state index >= 15 is 0 Å². The maximum atomic E-state index is 12.6. The lowest BCUT2D eigenvalue weighted by molar-refractivity contribution is -0.137. The lowest BCUT2D eigenvalue weighted by Gasteiger charge is -2.17. The van der Waals surface area contributed by atoms with Crippen LogP contribution in [-0.4, -0.2) is 43.7 Å². The fourth-order valence-electron chi connectivity index (χ4n) is 3.73. The molecule has 1 amide bonds. The summed E-state index contributed by atoms with van der Waals surface area (Å²) in [7, 11) is 0. The summed E-state index contributed by atoms with van der Waals surface area (Å²) in [6, 6.07) is 11.3. The molecule has 9 nitrogen and oxygen atoms in total. The average molecular weight is 408 g/mol. The third-order valence-corrected chi connectivity index (χ3v) is 5.21.